The minimum absolute atomic E-state index is 0.141. The van der Waals surface area contributed by atoms with E-state index < -0.39 is 11.7 Å². The number of anilines is 1. The average Bonchev–Trinajstić information content (AvgIpc) is 3.03. The van der Waals surface area contributed by atoms with Crippen LogP contribution in [-0.2, 0) is 12.8 Å². The summed E-state index contributed by atoms with van der Waals surface area (Å²) < 4.78 is 18.4. The molecule has 0 fully saturated rings. The number of hydrogen-bond donors (Lipinski definition) is 1. The Balaban J connectivity index is 1.61. The molecule has 1 heterocycles. The average molecular weight is 311 g/mol. The highest BCUT2D eigenvalue weighted by Crippen LogP contribution is 2.12. The first-order valence-electron chi connectivity index (χ1n) is 7.14. The van der Waals surface area contributed by atoms with Crippen molar-refractivity contribution < 1.29 is 13.6 Å². The lowest BCUT2D eigenvalue weighted by Crippen LogP contribution is -2.12. The number of carbonyl (C=O) groups is 1. The highest BCUT2D eigenvalue weighted by Gasteiger charge is 2.15. The number of aromatic nitrogens is 2. The normalized spacial score (nSPS) is 10.5. The molecule has 0 radical (unpaired) electrons. The molecule has 23 heavy (non-hydrogen) atoms. The van der Waals surface area contributed by atoms with E-state index in [0.717, 1.165) is 12.0 Å². The lowest BCUT2D eigenvalue weighted by atomic mass is 10.1. The minimum atomic E-state index is -0.561. The molecule has 3 rings (SSSR count). The van der Waals surface area contributed by atoms with Crippen molar-refractivity contribution in [1.82, 2.24) is 10.2 Å². The zero-order chi connectivity index (χ0) is 16.1. The van der Waals surface area contributed by atoms with Gasteiger partial charge in [-0.05, 0) is 30.2 Å². The van der Waals surface area contributed by atoms with Crippen molar-refractivity contribution >= 4 is 11.6 Å². The number of nitrogens with zero attached hydrogens (tertiary/aromatic N) is 2. The standard InChI is InChI=1S/C17H14FN3O2/c18-13-7-4-8-14(11-13)19-16(22)17-21-20-15(23-17)10-9-12-5-2-1-3-6-12/h1-8,11H,9-10H2,(H,19,22). The van der Waals surface area contributed by atoms with Crippen LogP contribution in [-0.4, -0.2) is 16.1 Å². The molecule has 116 valence electrons. The van der Waals surface area contributed by atoms with Crippen LogP contribution in [0.25, 0.3) is 0 Å². The topological polar surface area (TPSA) is 68.0 Å². The van der Waals surface area contributed by atoms with Crippen LogP contribution in [0.2, 0.25) is 0 Å². The summed E-state index contributed by atoms with van der Waals surface area (Å²) in [5.74, 6) is -0.749. The quantitative estimate of drug-likeness (QED) is 0.785. The van der Waals surface area contributed by atoms with Gasteiger partial charge in [0, 0.05) is 12.1 Å². The van der Waals surface area contributed by atoms with Crippen LogP contribution in [0, 0.1) is 5.82 Å². The van der Waals surface area contributed by atoms with Gasteiger partial charge in [0.2, 0.25) is 5.89 Å². The van der Waals surface area contributed by atoms with E-state index in [0.29, 0.717) is 18.0 Å². The molecule has 0 aliphatic carbocycles. The van der Waals surface area contributed by atoms with Crippen LogP contribution in [0.1, 0.15) is 22.1 Å². The van der Waals surface area contributed by atoms with Gasteiger partial charge in [0.25, 0.3) is 0 Å². The monoisotopic (exact) mass is 311 g/mol. The molecule has 3 aromatic rings. The number of halogens is 1. The van der Waals surface area contributed by atoms with E-state index in [9.17, 15) is 9.18 Å². The number of nitrogens with one attached hydrogen (secondary N) is 1. The van der Waals surface area contributed by atoms with Gasteiger partial charge in [0.1, 0.15) is 5.82 Å². The van der Waals surface area contributed by atoms with E-state index in [-0.39, 0.29) is 5.89 Å². The molecule has 0 bridgehead atoms. The van der Waals surface area contributed by atoms with E-state index in [1.807, 2.05) is 30.3 Å². The number of aryl methyl sites for hydroxylation is 2. The number of amides is 1. The number of hydrogen-bond acceptors (Lipinski definition) is 4. The SMILES string of the molecule is O=C(Nc1cccc(F)c1)c1nnc(CCc2ccccc2)o1. The molecular formula is C17H14FN3O2. The Labute approximate surface area is 132 Å². The Morgan fingerprint density at radius 1 is 1.04 bits per heavy atom. The molecule has 0 spiro atoms. The molecule has 1 amide bonds. The van der Waals surface area contributed by atoms with Gasteiger partial charge in [-0.1, -0.05) is 36.4 Å². The predicted molar refractivity (Wildman–Crippen MR) is 82.5 cm³/mol. The van der Waals surface area contributed by atoms with E-state index in [2.05, 4.69) is 15.5 Å². The Morgan fingerprint density at radius 2 is 1.87 bits per heavy atom. The largest absolute Gasteiger partial charge is 0.417 e. The highest BCUT2D eigenvalue weighted by molar-refractivity contribution is 6.00. The first-order chi connectivity index (χ1) is 11.2. The molecule has 6 heteroatoms. The van der Waals surface area contributed by atoms with Crippen LogP contribution in [0.5, 0.6) is 0 Å². The fourth-order valence-electron chi connectivity index (χ4n) is 2.09. The van der Waals surface area contributed by atoms with E-state index in [1.165, 1.54) is 18.2 Å². The van der Waals surface area contributed by atoms with Crippen molar-refractivity contribution in [3.63, 3.8) is 0 Å². The highest BCUT2D eigenvalue weighted by atomic mass is 19.1. The number of carbonyl (C=O) groups excluding carboxylic acids is 1. The molecule has 0 aliphatic heterocycles. The third-order valence-electron chi connectivity index (χ3n) is 3.21. The van der Waals surface area contributed by atoms with Crippen LogP contribution in [0.4, 0.5) is 10.1 Å². The van der Waals surface area contributed by atoms with Gasteiger partial charge in [-0.3, -0.25) is 4.79 Å². The lowest BCUT2D eigenvalue weighted by molar-refractivity contribution is 0.0988. The second-order valence-corrected chi connectivity index (χ2v) is 4.95. The van der Waals surface area contributed by atoms with Crippen molar-refractivity contribution in [2.45, 2.75) is 12.8 Å². The number of benzene rings is 2. The fraction of sp³-hybridized carbons (Fsp3) is 0.118. The zero-order valence-electron chi connectivity index (χ0n) is 12.2. The van der Waals surface area contributed by atoms with Crippen LogP contribution in [0.3, 0.4) is 0 Å². The van der Waals surface area contributed by atoms with E-state index in [1.54, 1.807) is 6.07 Å². The summed E-state index contributed by atoms with van der Waals surface area (Å²) in [4.78, 5) is 12.0. The molecule has 5 nitrogen and oxygen atoms in total. The van der Waals surface area contributed by atoms with Crippen molar-refractivity contribution in [1.29, 1.82) is 0 Å². The molecule has 0 saturated carbocycles. The first kappa shape index (κ1) is 14.9. The van der Waals surface area contributed by atoms with Gasteiger partial charge >= 0.3 is 11.8 Å². The van der Waals surface area contributed by atoms with Crippen LogP contribution >= 0.6 is 0 Å². The third kappa shape index (κ3) is 4.00. The maximum Gasteiger partial charge on any atom is 0.313 e. The van der Waals surface area contributed by atoms with Crippen molar-refractivity contribution in [2.75, 3.05) is 5.32 Å². The Hall–Kier alpha value is -3.02. The summed E-state index contributed by atoms with van der Waals surface area (Å²) in [5, 5.41) is 10.1. The molecular weight excluding hydrogens is 297 g/mol. The minimum Gasteiger partial charge on any atom is -0.417 e. The molecule has 1 N–H and O–H groups in total. The summed E-state index contributed by atoms with van der Waals surface area (Å²) >= 11 is 0. The lowest BCUT2D eigenvalue weighted by Gasteiger charge is -2.01. The summed E-state index contributed by atoms with van der Waals surface area (Å²) in [5.41, 5.74) is 1.48. The maximum atomic E-state index is 13.1. The third-order valence-corrected chi connectivity index (χ3v) is 3.21. The second kappa shape index (κ2) is 6.83. The summed E-state index contributed by atoms with van der Waals surface area (Å²) in [6, 6.07) is 15.5. The van der Waals surface area contributed by atoms with Gasteiger partial charge in [0.15, 0.2) is 0 Å². The smallest absolute Gasteiger partial charge is 0.313 e. The van der Waals surface area contributed by atoms with Crippen molar-refractivity contribution in [2.24, 2.45) is 0 Å². The van der Waals surface area contributed by atoms with Crippen molar-refractivity contribution in [3.05, 3.63) is 77.8 Å². The summed E-state index contributed by atoms with van der Waals surface area (Å²) in [6.45, 7) is 0. The Bertz CT molecular complexity index is 802. The van der Waals surface area contributed by atoms with Gasteiger partial charge in [0.05, 0.1) is 0 Å². The summed E-state index contributed by atoms with van der Waals surface area (Å²) in [6.07, 6.45) is 1.29. The molecule has 0 aliphatic rings. The second-order valence-electron chi connectivity index (χ2n) is 4.95. The van der Waals surface area contributed by atoms with Gasteiger partial charge in [-0.15, -0.1) is 10.2 Å². The number of rotatable bonds is 5. The van der Waals surface area contributed by atoms with Gasteiger partial charge in [-0.25, -0.2) is 4.39 Å². The van der Waals surface area contributed by atoms with E-state index in [4.69, 9.17) is 4.42 Å². The van der Waals surface area contributed by atoms with E-state index >= 15 is 0 Å². The maximum absolute atomic E-state index is 13.1. The van der Waals surface area contributed by atoms with Crippen LogP contribution < -0.4 is 5.32 Å². The molecule has 1 aromatic heterocycles. The molecule has 0 atom stereocenters. The zero-order valence-corrected chi connectivity index (χ0v) is 12.2. The Kier molecular flexibility index (Phi) is 4.42. The Morgan fingerprint density at radius 3 is 2.65 bits per heavy atom. The van der Waals surface area contributed by atoms with Crippen LogP contribution in [0.15, 0.2) is 59.0 Å². The van der Waals surface area contributed by atoms with Gasteiger partial charge in [-0.2, -0.15) is 0 Å². The first-order valence-corrected chi connectivity index (χ1v) is 7.14. The molecule has 0 saturated heterocycles. The van der Waals surface area contributed by atoms with Crippen molar-refractivity contribution in [3.8, 4) is 0 Å². The van der Waals surface area contributed by atoms with Gasteiger partial charge < -0.3 is 9.73 Å². The fourth-order valence-corrected chi connectivity index (χ4v) is 2.09. The predicted octanol–water partition coefficient (Wildman–Crippen LogP) is 3.25. The summed E-state index contributed by atoms with van der Waals surface area (Å²) in [7, 11) is 0. The molecule has 0 unspecified atom stereocenters. The molecule has 2 aromatic carbocycles.